The van der Waals surface area contributed by atoms with E-state index in [9.17, 15) is 9.59 Å². The molecule has 4 heteroatoms. The van der Waals surface area contributed by atoms with Gasteiger partial charge < -0.3 is 9.47 Å². The molecule has 23 heavy (non-hydrogen) atoms. The lowest BCUT2D eigenvalue weighted by atomic mass is 9.49. The maximum Gasteiger partial charge on any atom is 0.311 e. The quantitative estimate of drug-likeness (QED) is 0.783. The molecule has 0 radical (unpaired) electrons. The number of fused-ring (bicyclic) bond motifs is 3. The van der Waals surface area contributed by atoms with Gasteiger partial charge in [-0.05, 0) is 48.8 Å². The van der Waals surface area contributed by atoms with E-state index in [1.807, 2.05) is 25.1 Å². The van der Waals surface area contributed by atoms with Crippen LogP contribution in [0.2, 0.25) is 0 Å². The summed E-state index contributed by atoms with van der Waals surface area (Å²) in [4.78, 5) is 25.2. The van der Waals surface area contributed by atoms with Crippen LogP contribution in [0, 0.1) is 11.3 Å². The van der Waals surface area contributed by atoms with Crippen molar-refractivity contribution in [1.29, 1.82) is 0 Å². The molecule has 0 heterocycles. The molecule has 124 valence electrons. The van der Waals surface area contributed by atoms with Crippen molar-refractivity contribution in [2.45, 2.75) is 44.9 Å². The Balaban J connectivity index is 2.14. The first-order chi connectivity index (χ1) is 10.9. The molecule has 0 amide bonds. The first-order valence-corrected chi connectivity index (χ1v) is 8.17. The van der Waals surface area contributed by atoms with Crippen LogP contribution in [-0.4, -0.2) is 26.0 Å². The van der Waals surface area contributed by atoms with Gasteiger partial charge in [0.05, 0.1) is 19.6 Å². The highest BCUT2D eigenvalue weighted by Crippen LogP contribution is 2.57. The monoisotopic (exact) mass is 316 g/mol. The molecule has 0 saturated heterocycles. The highest BCUT2D eigenvalue weighted by Gasteiger charge is 2.57. The zero-order valence-electron chi connectivity index (χ0n) is 14.3. The molecule has 1 fully saturated rings. The van der Waals surface area contributed by atoms with Crippen LogP contribution in [-0.2, 0) is 14.9 Å². The molecule has 0 bridgehead atoms. The average molecular weight is 316 g/mol. The minimum atomic E-state index is -0.602. The van der Waals surface area contributed by atoms with Gasteiger partial charge in [-0.15, -0.1) is 0 Å². The van der Waals surface area contributed by atoms with Gasteiger partial charge in [0.15, 0.2) is 5.78 Å². The van der Waals surface area contributed by atoms with Crippen molar-refractivity contribution < 1.29 is 19.1 Å². The second-order valence-electron chi connectivity index (χ2n) is 7.27. The van der Waals surface area contributed by atoms with Gasteiger partial charge >= 0.3 is 5.97 Å². The van der Waals surface area contributed by atoms with Crippen molar-refractivity contribution in [2.24, 2.45) is 11.3 Å². The Bertz CT molecular complexity index is 665. The SMILES string of the molecule is COC(=O)[C@]1(C)CCC[C@@]2(C)c3ccc(OC)cc3C(=O)C[C@@H]12. The van der Waals surface area contributed by atoms with Crippen LogP contribution < -0.4 is 4.74 Å². The van der Waals surface area contributed by atoms with E-state index in [4.69, 9.17) is 9.47 Å². The van der Waals surface area contributed by atoms with E-state index < -0.39 is 5.41 Å². The summed E-state index contributed by atoms with van der Waals surface area (Å²) in [5, 5.41) is 0. The summed E-state index contributed by atoms with van der Waals surface area (Å²) in [6, 6.07) is 5.74. The Kier molecular flexibility index (Phi) is 3.74. The van der Waals surface area contributed by atoms with Crippen molar-refractivity contribution in [3.8, 4) is 5.75 Å². The number of ether oxygens (including phenoxy) is 2. The van der Waals surface area contributed by atoms with Crippen LogP contribution in [0.3, 0.4) is 0 Å². The molecule has 0 aromatic heterocycles. The van der Waals surface area contributed by atoms with Crippen molar-refractivity contribution in [1.82, 2.24) is 0 Å². The summed E-state index contributed by atoms with van der Waals surface area (Å²) in [6.07, 6.45) is 3.11. The molecule has 3 rings (SSSR count). The van der Waals surface area contributed by atoms with Gasteiger partial charge in [-0.2, -0.15) is 0 Å². The zero-order chi connectivity index (χ0) is 16.8. The lowest BCUT2D eigenvalue weighted by Gasteiger charge is -2.53. The van der Waals surface area contributed by atoms with E-state index >= 15 is 0 Å². The summed E-state index contributed by atoms with van der Waals surface area (Å²) in [5.41, 5.74) is 1.01. The third-order valence-electron chi connectivity index (χ3n) is 6.11. The van der Waals surface area contributed by atoms with Gasteiger partial charge in [-0.3, -0.25) is 9.59 Å². The summed E-state index contributed by atoms with van der Waals surface area (Å²) in [7, 11) is 3.04. The molecule has 0 N–H and O–H groups in total. The number of ketones is 1. The predicted octanol–water partition coefficient (Wildman–Crippen LogP) is 3.52. The second-order valence-corrected chi connectivity index (χ2v) is 7.27. The molecule has 3 atom stereocenters. The Labute approximate surface area is 137 Å². The summed E-state index contributed by atoms with van der Waals surface area (Å²) < 4.78 is 10.3. The minimum Gasteiger partial charge on any atom is -0.497 e. The average Bonchev–Trinajstić information content (AvgIpc) is 2.56. The maximum atomic E-state index is 12.7. The Morgan fingerprint density at radius 2 is 1.96 bits per heavy atom. The Morgan fingerprint density at radius 3 is 2.61 bits per heavy atom. The van der Waals surface area contributed by atoms with E-state index in [0.29, 0.717) is 12.2 Å². The highest BCUT2D eigenvalue weighted by atomic mass is 16.5. The fourth-order valence-corrected chi connectivity index (χ4v) is 4.80. The number of Topliss-reactive ketones (excluding diaryl/α,β-unsaturated/α-hetero) is 1. The lowest BCUT2D eigenvalue weighted by molar-refractivity contribution is -0.160. The molecule has 1 saturated carbocycles. The van der Waals surface area contributed by atoms with Crippen molar-refractivity contribution in [2.75, 3.05) is 14.2 Å². The summed E-state index contributed by atoms with van der Waals surface area (Å²) in [6.45, 7) is 4.15. The maximum absolute atomic E-state index is 12.7. The molecule has 1 aromatic carbocycles. The van der Waals surface area contributed by atoms with Crippen LogP contribution in [0.25, 0.3) is 0 Å². The largest absolute Gasteiger partial charge is 0.497 e. The summed E-state index contributed by atoms with van der Waals surface area (Å²) in [5.74, 6) is 0.576. The van der Waals surface area contributed by atoms with E-state index in [1.54, 1.807) is 7.11 Å². The molecule has 0 spiro atoms. The Hall–Kier alpha value is -1.84. The number of esters is 1. The fourth-order valence-electron chi connectivity index (χ4n) is 4.80. The van der Waals surface area contributed by atoms with Crippen molar-refractivity contribution in [3.05, 3.63) is 29.3 Å². The molecule has 0 unspecified atom stereocenters. The number of carbonyl (C=O) groups is 2. The van der Waals surface area contributed by atoms with E-state index in [0.717, 1.165) is 30.4 Å². The highest BCUT2D eigenvalue weighted by molar-refractivity contribution is 6.00. The number of methoxy groups -OCH3 is 2. The van der Waals surface area contributed by atoms with Crippen LogP contribution in [0.4, 0.5) is 0 Å². The van der Waals surface area contributed by atoms with Gasteiger partial charge in [0.1, 0.15) is 5.75 Å². The lowest BCUT2D eigenvalue weighted by Crippen LogP contribution is -2.53. The van der Waals surface area contributed by atoms with Gasteiger partial charge in [0, 0.05) is 12.0 Å². The normalized spacial score (nSPS) is 32.7. The zero-order valence-corrected chi connectivity index (χ0v) is 14.3. The van der Waals surface area contributed by atoms with Crippen molar-refractivity contribution in [3.63, 3.8) is 0 Å². The minimum absolute atomic E-state index is 0.0235. The second kappa shape index (κ2) is 5.36. The number of benzene rings is 1. The first kappa shape index (κ1) is 16.0. The topological polar surface area (TPSA) is 52.6 Å². The third-order valence-corrected chi connectivity index (χ3v) is 6.11. The first-order valence-electron chi connectivity index (χ1n) is 8.17. The number of hydrogen-bond acceptors (Lipinski definition) is 4. The van der Waals surface area contributed by atoms with E-state index in [1.165, 1.54) is 7.11 Å². The molecule has 1 aromatic rings. The van der Waals surface area contributed by atoms with E-state index in [2.05, 4.69) is 6.92 Å². The number of hydrogen-bond donors (Lipinski definition) is 0. The third kappa shape index (κ3) is 2.19. The van der Waals surface area contributed by atoms with Crippen LogP contribution in [0.15, 0.2) is 18.2 Å². The number of rotatable bonds is 2. The van der Waals surface area contributed by atoms with E-state index in [-0.39, 0.29) is 23.1 Å². The standard InChI is InChI=1S/C19H24O4/c1-18-8-5-9-19(2,17(21)23-4)16(18)11-15(20)13-10-12(22-3)6-7-14(13)18/h6-7,10,16H,5,8-9,11H2,1-4H3/t16-,18+,19-/m1/s1. The van der Waals surface area contributed by atoms with Gasteiger partial charge in [0.2, 0.25) is 0 Å². The van der Waals surface area contributed by atoms with Gasteiger partial charge in [-0.1, -0.05) is 19.4 Å². The molecular weight excluding hydrogens is 292 g/mol. The molecular formula is C19H24O4. The Morgan fingerprint density at radius 1 is 1.22 bits per heavy atom. The van der Waals surface area contributed by atoms with Gasteiger partial charge in [-0.25, -0.2) is 0 Å². The van der Waals surface area contributed by atoms with Crippen LogP contribution >= 0.6 is 0 Å². The molecule has 0 aliphatic heterocycles. The van der Waals surface area contributed by atoms with Crippen LogP contribution in [0.1, 0.15) is 55.5 Å². The number of carbonyl (C=O) groups excluding carboxylic acids is 2. The summed E-state index contributed by atoms with van der Waals surface area (Å²) >= 11 is 0. The predicted molar refractivity (Wildman–Crippen MR) is 86.8 cm³/mol. The molecule has 2 aliphatic rings. The van der Waals surface area contributed by atoms with Crippen molar-refractivity contribution >= 4 is 11.8 Å². The smallest absolute Gasteiger partial charge is 0.311 e. The van der Waals surface area contributed by atoms with Crippen LogP contribution in [0.5, 0.6) is 5.75 Å². The molecule has 2 aliphatic carbocycles. The molecule has 4 nitrogen and oxygen atoms in total. The van der Waals surface area contributed by atoms with Gasteiger partial charge in [0.25, 0.3) is 0 Å². The fraction of sp³-hybridized carbons (Fsp3) is 0.579.